The molecule has 0 saturated carbocycles. The number of rotatable bonds is 3. The second kappa shape index (κ2) is 5.67. The highest BCUT2D eigenvalue weighted by Crippen LogP contribution is 2.22. The highest BCUT2D eigenvalue weighted by molar-refractivity contribution is 9.10. The van der Waals surface area contributed by atoms with Crippen molar-refractivity contribution in [3.05, 3.63) is 50.6 Å². The van der Waals surface area contributed by atoms with Crippen molar-refractivity contribution >= 4 is 27.5 Å². The van der Waals surface area contributed by atoms with Gasteiger partial charge in [0.05, 0.1) is 5.69 Å². The van der Waals surface area contributed by atoms with Crippen molar-refractivity contribution in [3.8, 4) is 5.88 Å². The molecule has 0 saturated heterocycles. The first-order chi connectivity index (χ1) is 8.56. The van der Waals surface area contributed by atoms with Crippen LogP contribution in [-0.4, -0.2) is 10.2 Å². The van der Waals surface area contributed by atoms with Crippen molar-refractivity contribution in [3.63, 3.8) is 0 Å². The minimum Gasteiger partial charge on any atom is -0.472 e. The van der Waals surface area contributed by atoms with E-state index in [2.05, 4.69) is 26.1 Å². The smallest absolute Gasteiger partial charge is 0.233 e. The molecule has 18 heavy (non-hydrogen) atoms. The first kappa shape index (κ1) is 13.3. The van der Waals surface area contributed by atoms with Gasteiger partial charge in [0.25, 0.3) is 0 Å². The van der Waals surface area contributed by atoms with E-state index in [0.29, 0.717) is 17.5 Å². The van der Waals surface area contributed by atoms with Crippen LogP contribution in [0.4, 0.5) is 0 Å². The van der Waals surface area contributed by atoms with E-state index in [4.69, 9.17) is 16.3 Å². The molecule has 0 radical (unpaired) electrons. The summed E-state index contributed by atoms with van der Waals surface area (Å²) in [5, 5.41) is 8.70. The Kier molecular flexibility index (Phi) is 4.19. The van der Waals surface area contributed by atoms with Crippen LogP contribution in [0.2, 0.25) is 5.02 Å². The second-order valence-electron chi connectivity index (χ2n) is 3.98. The van der Waals surface area contributed by atoms with Crippen LogP contribution in [0.15, 0.2) is 28.7 Å². The summed E-state index contributed by atoms with van der Waals surface area (Å²) in [6.07, 6.45) is 0. The van der Waals surface area contributed by atoms with Gasteiger partial charge in [0.2, 0.25) is 5.88 Å². The summed E-state index contributed by atoms with van der Waals surface area (Å²) >= 11 is 9.33. The molecule has 0 N–H and O–H groups in total. The molecular formula is C13H12BrClN2O. The lowest BCUT2D eigenvalue weighted by Crippen LogP contribution is -2.01. The zero-order valence-electron chi connectivity index (χ0n) is 10.1. The zero-order chi connectivity index (χ0) is 13.1. The van der Waals surface area contributed by atoms with Gasteiger partial charge in [-0.1, -0.05) is 33.6 Å². The number of hydrogen-bond donors (Lipinski definition) is 0. The standard InChI is InChI=1S/C13H12BrClN2O/c1-8-5-13(17-16-9(8)2)18-7-10-3-4-11(15)6-12(10)14/h3-6H,7H2,1-2H3. The van der Waals surface area contributed by atoms with Crippen molar-refractivity contribution in [2.24, 2.45) is 0 Å². The van der Waals surface area contributed by atoms with Gasteiger partial charge < -0.3 is 4.74 Å². The van der Waals surface area contributed by atoms with Crippen LogP contribution in [0, 0.1) is 13.8 Å². The van der Waals surface area contributed by atoms with Gasteiger partial charge in [0, 0.05) is 21.1 Å². The van der Waals surface area contributed by atoms with E-state index in [0.717, 1.165) is 21.3 Å². The summed E-state index contributed by atoms with van der Waals surface area (Å²) in [7, 11) is 0. The number of halogens is 2. The third-order valence-electron chi connectivity index (χ3n) is 2.60. The normalized spacial score (nSPS) is 10.4. The Labute approximate surface area is 119 Å². The minimum absolute atomic E-state index is 0.426. The van der Waals surface area contributed by atoms with Crippen LogP contribution >= 0.6 is 27.5 Å². The quantitative estimate of drug-likeness (QED) is 0.851. The summed E-state index contributed by atoms with van der Waals surface area (Å²) in [6.45, 7) is 4.33. The number of aromatic nitrogens is 2. The Balaban J connectivity index is 2.09. The number of nitrogens with zero attached hydrogens (tertiary/aromatic N) is 2. The van der Waals surface area contributed by atoms with Crippen LogP contribution in [0.1, 0.15) is 16.8 Å². The van der Waals surface area contributed by atoms with Gasteiger partial charge >= 0.3 is 0 Å². The van der Waals surface area contributed by atoms with Crippen LogP contribution in [-0.2, 0) is 6.61 Å². The van der Waals surface area contributed by atoms with Gasteiger partial charge in [0.1, 0.15) is 6.61 Å². The summed E-state index contributed by atoms with van der Waals surface area (Å²) in [6, 6.07) is 7.47. The second-order valence-corrected chi connectivity index (χ2v) is 5.27. The fourth-order valence-corrected chi connectivity index (χ4v) is 2.18. The van der Waals surface area contributed by atoms with Gasteiger partial charge in [-0.25, -0.2) is 0 Å². The van der Waals surface area contributed by atoms with E-state index in [1.807, 2.05) is 38.1 Å². The summed E-state index contributed by atoms with van der Waals surface area (Å²) in [4.78, 5) is 0. The van der Waals surface area contributed by atoms with E-state index < -0.39 is 0 Å². The SMILES string of the molecule is Cc1cc(OCc2ccc(Cl)cc2Br)nnc1C. The number of benzene rings is 1. The van der Waals surface area contributed by atoms with Gasteiger partial charge in [-0.3, -0.25) is 0 Å². The molecule has 2 aromatic rings. The Bertz CT molecular complexity index is 575. The van der Waals surface area contributed by atoms with Crippen LogP contribution in [0.5, 0.6) is 5.88 Å². The Hall–Kier alpha value is -1.13. The summed E-state index contributed by atoms with van der Waals surface area (Å²) in [5.74, 6) is 0.528. The fourth-order valence-electron chi connectivity index (χ4n) is 1.38. The fraction of sp³-hybridized carbons (Fsp3) is 0.231. The highest BCUT2D eigenvalue weighted by atomic mass is 79.9. The molecule has 1 heterocycles. The molecule has 0 aliphatic heterocycles. The Morgan fingerprint density at radius 3 is 2.67 bits per heavy atom. The molecule has 0 bridgehead atoms. The monoisotopic (exact) mass is 326 g/mol. The van der Waals surface area contributed by atoms with Crippen molar-refractivity contribution < 1.29 is 4.74 Å². The van der Waals surface area contributed by atoms with Crippen LogP contribution in [0.3, 0.4) is 0 Å². The maximum absolute atomic E-state index is 5.88. The third kappa shape index (κ3) is 3.21. The van der Waals surface area contributed by atoms with Crippen molar-refractivity contribution in [2.75, 3.05) is 0 Å². The lowest BCUT2D eigenvalue weighted by molar-refractivity contribution is 0.289. The molecular weight excluding hydrogens is 316 g/mol. The Morgan fingerprint density at radius 1 is 1.22 bits per heavy atom. The lowest BCUT2D eigenvalue weighted by atomic mass is 10.2. The van der Waals surface area contributed by atoms with Crippen molar-refractivity contribution in [1.82, 2.24) is 10.2 Å². The highest BCUT2D eigenvalue weighted by Gasteiger charge is 2.04. The van der Waals surface area contributed by atoms with E-state index in [1.54, 1.807) is 0 Å². The molecule has 0 spiro atoms. The van der Waals surface area contributed by atoms with E-state index in [1.165, 1.54) is 0 Å². The molecule has 5 heteroatoms. The van der Waals surface area contributed by atoms with Gasteiger partial charge in [0.15, 0.2) is 0 Å². The molecule has 1 aromatic heterocycles. The molecule has 0 aliphatic carbocycles. The topological polar surface area (TPSA) is 35.0 Å². The van der Waals surface area contributed by atoms with E-state index in [9.17, 15) is 0 Å². The average Bonchev–Trinajstić information content (AvgIpc) is 2.32. The summed E-state index contributed by atoms with van der Waals surface area (Å²) < 4.78 is 6.52. The number of hydrogen-bond acceptors (Lipinski definition) is 3. The molecule has 0 amide bonds. The minimum atomic E-state index is 0.426. The third-order valence-corrected chi connectivity index (χ3v) is 3.57. The largest absolute Gasteiger partial charge is 0.472 e. The predicted molar refractivity (Wildman–Crippen MR) is 75.0 cm³/mol. The predicted octanol–water partition coefficient (Wildman–Crippen LogP) is 4.09. The first-order valence-electron chi connectivity index (χ1n) is 5.44. The van der Waals surface area contributed by atoms with E-state index >= 15 is 0 Å². The molecule has 94 valence electrons. The molecule has 2 rings (SSSR count). The molecule has 0 atom stereocenters. The first-order valence-corrected chi connectivity index (χ1v) is 6.61. The lowest BCUT2D eigenvalue weighted by Gasteiger charge is -2.08. The maximum Gasteiger partial charge on any atom is 0.233 e. The average molecular weight is 328 g/mol. The number of ether oxygens (including phenoxy) is 1. The molecule has 3 nitrogen and oxygen atoms in total. The molecule has 0 fully saturated rings. The molecule has 0 aliphatic rings. The van der Waals surface area contributed by atoms with Gasteiger partial charge in [-0.05, 0) is 31.5 Å². The van der Waals surface area contributed by atoms with Crippen LogP contribution in [0.25, 0.3) is 0 Å². The number of aryl methyl sites for hydroxylation is 2. The van der Waals surface area contributed by atoms with E-state index in [-0.39, 0.29) is 0 Å². The molecule has 0 unspecified atom stereocenters. The summed E-state index contributed by atoms with van der Waals surface area (Å²) in [5.41, 5.74) is 2.99. The van der Waals surface area contributed by atoms with Crippen LogP contribution < -0.4 is 4.74 Å². The Morgan fingerprint density at radius 2 is 2.00 bits per heavy atom. The van der Waals surface area contributed by atoms with Crippen molar-refractivity contribution in [1.29, 1.82) is 0 Å². The zero-order valence-corrected chi connectivity index (χ0v) is 12.4. The van der Waals surface area contributed by atoms with Gasteiger partial charge in [-0.2, -0.15) is 5.10 Å². The van der Waals surface area contributed by atoms with Crippen molar-refractivity contribution in [2.45, 2.75) is 20.5 Å². The van der Waals surface area contributed by atoms with Gasteiger partial charge in [-0.15, -0.1) is 5.10 Å². The molecule has 1 aromatic carbocycles. The maximum atomic E-state index is 5.88.